The topological polar surface area (TPSA) is 18.5 Å². The highest BCUT2D eigenvalue weighted by Gasteiger charge is 1.91. The van der Waals surface area contributed by atoms with Crippen molar-refractivity contribution in [1.82, 2.24) is 0 Å². The van der Waals surface area contributed by atoms with E-state index in [0.717, 1.165) is 5.75 Å². The number of methoxy groups -OCH3 is 1. The maximum Gasteiger partial charge on any atom is 0.126 e. The van der Waals surface area contributed by atoms with Crippen molar-refractivity contribution < 1.29 is 10.8 Å². The Hall–Kier alpha value is -1.70. The first kappa shape index (κ1) is 7.92. The van der Waals surface area contributed by atoms with E-state index < -0.39 is 0 Å². The summed E-state index contributed by atoms with van der Waals surface area (Å²) in [6.07, 6.45) is 3.04. The van der Waals surface area contributed by atoms with Crippen LogP contribution < -0.4 is 9.47 Å². The Morgan fingerprint density at radius 1 is 1.31 bits per heavy atom. The minimum Gasteiger partial charge on any atom is -0.497 e. The Bertz CT molecular complexity index is 328. The predicted octanol–water partition coefficient (Wildman–Crippen LogP) is 2.77. The molecule has 0 aliphatic carbocycles. The Kier molecular flexibility index (Phi) is 3.07. The third-order valence-corrected chi connectivity index (χ3v) is 1.42. The van der Waals surface area contributed by atoms with Crippen molar-refractivity contribution in [2.24, 2.45) is 0 Å². The van der Waals surface area contributed by atoms with Crippen molar-refractivity contribution in [3.05, 3.63) is 49.2 Å². The number of allylic oxidation sites excluding steroid dienone is 2. The average Bonchev–Trinajstić information content (AvgIpc) is 2.19. The van der Waals surface area contributed by atoms with Gasteiger partial charge in [-0.1, -0.05) is 12.7 Å². The van der Waals surface area contributed by atoms with Gasteiger partial charge in [-0.3, -0.25) is 0 Å². The van der Waals surface area contributed by atoms with Crippen LogP contribution in [0.3, 0.4) is 0 Å². The second-order valence-corrected chi connectivity index (χ2v) is 2.30. The maximum absolute atomic E-state index is 7.34. The van der Waals surface area contributed by atoms with Gasteiger partial charge in [0.1, 0.15) is 12.9 Å². The highest BCUT2D eigenvalue weighted by atomic mass is 16.5. The van der Waals surface area contributed by atoms with Crippen LogP contribution in [0.2, 0.25) is 0 Å². The molecule has 0 atom stereocenters. The zero-order valence-corrected chi connectivity index (χ0v) is 7.49. The summed E-state index contributed by atoms with van der Waals surface area (Å²) in [7, 11) is 1.60. The van der Waals surface area contributed by atoms with Gasteiger partial charge in [-0.15, -0.1) is 0 Å². The fourth-order valence-corrected chi connectivity index (χ4v) is 0.794. The van der Waals surface area contributed by atoms with Crippen LogP contribution in [0.5, 0.6) is 11.5 Å². The maximum atomic E-state index is 7.34. The van der Waals surface area contributed by atoms with E-state index >= 15 is 0 Å². The van der Waals surface area contributed by atoms with Gasteiger partial charge in [0.05, 0.1) is 13.3 Å². The normalized spacial score (nSPS) is 11.8. The summed E-state index contributed by atoms with van der Waals surface area (Å²) in [5.41, 5.74) is 0. The largest absolute Gasteiger partial charge is 0.497 e. The predicted molar refractivity (Wildman–Crippen MR) is 53.0 cm³/mol. The third kappa shape index (κ3) is 3.03. The van der Waals surface area contributed by atoms with Crippen LogP contribution in [-0.2, 0) is 0 Å². The highest BCUT2D eigenvalue weighted by Crippen LogP contribution is 2.16. The number of hydrogen-bond acceptors (Lipinski definition) is 2. The van der Waals surface area contributed by atoms with Crippen molar-refractivity contribution in [2.75, 3.05) is 7.11 Å². The Balaban J connectivity index is 2.68. The lowest BCUT2D eigenvalue weighted by Gasteiger charge is -2.01. The Morgan fingerprint density at radius 3 is 2.46 bits per heavy atom. The van der Waals surface area contributed by atoms with Gasteiger partial charge in [0.25, 0.3) is 0 Å². The molecule has 0 saturated heterocycles. The van der Waals surface area contributed by atoms with Gasteiger partial charge < -0.3 is 9.47 Å². The number of rotatable bonds is 4. The molecule has 1 aromatic rings. The minimum atomic E-state index is 0.0603. The monoisotopic (exact) mass is 177 g/mol. The van der Waals surface area contributed by atoms with Crippen molar-refractivity contribution in [1.29, 1.82) is 0 Å². The first-order valence-corrected chi connectivity index (χ1v) is 3.87. The van der Waals surface area contributed by atoms with Crippen molar-refractivity contribution in [3.8, 4) is 11.5 Å². The summed E-state index contributed by atoms with van der Waals surface area (Å²) >= 11 is 0. The Labute approximate surface area is 79.5 Å². The summed E-state index contributed by atoms with van der Waals surface area (Å²) in [6.45, 7) is 3.47. The van der Waals surface area contributed by atoms with Crippen LogP contribution in [-0.4, -0.2) is 7.11 Å². The lowest BCUT2D eigenvalue weighted by Crippen LogP contribution is -1.83. The zero-order chi connectivity index (χ0) is 10.4. The quantitative estimate of drug-likeness (QED) is 0.520. The van der Waals surface area contributed by atoms with Gasteiger partial charge in [0.15, 0.2) is 0 Å². The molecule has 2 nitrogen and oxygen atoms in total. The van der Waals surface area contributed by atoms with E-state index in [1.807, 2.05) is 0 Å². The fourth-order valence-electron chi connectivity index (χ4n) is 0.794. The molecule has 0 fully saturated rings. The molecular formula is C11H12O2. The van der Waals surface area contributed by atoms with Gasteiger partial charge in [-0.05, 0) is 30.3 Å². The van der Waals surface area contributed by atoms with Gasteiger partial charge in [0.2, 0.25) is 0 Å². The standard InChI is InChI=1S/C11H12O2/c1-3-4-9-13-11-7-5-10(12-2)6-8-11/h3-9H,1H2,2H3/b9-4+/i9D. The summed E-state index contributed by atoms with van der Waals surface area (Å²) in [6, 6.07) is 7.03. The summed E-state index contributed by atoms with van der Waals surface area (Å²) < 4.78 is 17.5. The average molecular weight is 177 g/mol. The van der Waals surface area contributed by atoms with E-state index in [4.69, 9.17) is 10.8 Å². The molecule has 1 rings (SSSR count). The number of hydrogen-bond donors (Lipinski definition) is 0. The van der Waals surface area contributed by atoms with Gasteiger partial charge in [-0.25, -0.2) is 0 Å². The molecule has 0 aliphatic rings. The molecule has 68 valence electrons. The Morgan fingerprint density at radius 2 is 1.92 bits per heavy atom. The van der Waals surface area contributed by atoms with Gasteiger partial charge in [0, 0.05) is 0 Å². The van der Waals surface area contributed by atoms with E-state index in [-0.39, 0.29) is 6.24 Å². The van der Waals surface area contributed by atoms with Gasteiger partial charge >= 0.3 is 0 Å². The van der Waals surface area contributed by atoms with Crippen LogP contribution in [0, 0.1) is 0 Å². The van der Waals surface area contributed by atoms with Crippen LogP contribution in [0.25, 0.3) is 0 Å². The molecule has 0 heterocycles. The molecule has 13 heavy (non-hydrogen) atoms. The molecule has 0 saturated carbocycles. The summed E-state index contributed by atoms with van der Waals surface area (Å²) in [5.74, 6) is 1.37. The highest BCUT2D eigenvalue weighted by molar-refractivity contribution is 5.31. The van der Waals surface area contributed by atoms with Crippen LogP contribution in [0.1, 0.15) is 1.37 Å². The molecule has 0 bridgehead atoms. The molecule has 2 heteroatoms. The van der Waals surface area contributed by atoms with Crippen LogP contribution >= 0.6 is 0 Å². The smallest absolute Gasteiger partial charge is 0.126 e. The fraction of sp³-hybridized carbons (Fsp3) is 0.0909. The van der Waals surface area contributed by atoms with E-state index in [9.17, 15) is 0 Å². The van der Waals surface area contributed by atoms with Crippen molar-refractivity contribution >= 4 is 0 Å². The molecule has 0 aromatic heterocycles. The first-order valence-electron chi connectivity index (χ1n) is 4.37. The molecular weight excluding hydrogens is 164 g/mol. The van der Waals surface area contributed by atoms with E-state index in [1.165, 1.54) is 12.2 Å². The molecule has 0 unspecified atom stereocenters. The second kappa shape index (κ2) is 5.04. The van der Waals surface area contributed by atoms with Gasteiger partial charge in [-0.2, -0.15) is 0 Å². The van der Waals surface area contributed by atoms with Crippen LogP contribution in [0.4, 0.5) is 0 Å². The second-order valence-electron chi connectivity index (χ2n) is 2.30. The number of benzene rings is 1. The summed E-state index contributed by atoms with van der Waals surface area (Å²) in [4.78, 5) is 0. The lowest BCUT2D eigenvalue weighted by atomic mass is 10.3. The first-order chi connectivity index (χ1) is 6.76. The van der Waals surface area contributed by atoms with Crippen LogP contribution in [0.15, 0.2) is 49.2 Å². The minimum absolute atomic E-state index is 0.0603. The van der Waals surface area contributed by atoms with E-state index in [1.54, 1.807) is 31.4 Å². The molecule has 0 aliphatic heterocycles. The lowest BCUT2D eigenvalue weighted by molar-refractivity contribution is 0.413. The third-order valence-electron chi connectivity index (χ3n) is 1.42. The molecule has 0 spiro atoms. The van der Waals surface area contributed by atoms with E-state index in [2.05, 4.69) is 6.58 Å². The van der Waals surface area contributed by atoms with E-state index in [0.29, 0.717) is 5.75 Å². The summed E-state index contributed by atoms with van der Waals surface area (Å²) in [5, 5.41) is 0. The van der Waals surface area contributed by atoms with Crippen molar-refractivity contribution in [2.45, 2.75) is 0 Å². The molecule has 0 amide bonds. The SMILES string of the molecule is [2H]/C(=C\C=C)Oc1ccc(OC)cc1. The molecule has 0 radical (unpaired) electrons. The number of ether oxygens (including phenoxy) is 2. The molecule has 1 aromatic carbocycles. The molecule has 0 N–H and O–H groups in total. The van der Waals surface area contributed by atoms with Crippen molar-refractivity contribution in [3.63, 3.8) is 0 Å². The zero-order valence-electron chi connectivity index (χ0n) is 8.49.